The van der Waals surface area contributed by atoms with E-state index in [0.29, 0.717) is 23.0 Å². The average molecular weight is 636 g/mol. The van der Waals surface area contributed by atoms with E-state index < -0.39 is 0 Å². The van der Waals surface area contributed by atoms with Gasteiger partial charge in [0.1, 0.15) is 6.61 Å². The van der Waals surface area contributed by atoms with Gasteiger partial charge in [-0.1, -0.05) is 46.3 Å². The first kappa shape index (κ1) is 23.8. The van der Waals surface area contributed by atoms with Crippen LogP contribution in [0, 0.1) is 3.57 Å². The first-order valence-corrected chi connectivity index (χ1v) is 12.7. The Hall–Kier alpha value is -2.30. The highest BCUT2D eigenvalue weighted by molar-refractivity contribution is 14.1. The number of amides is 2. The SMILES string of the molecule is COc1cc(/C=C2\SC(=O)N(Cc3cccc(Br)c3)C2=O)ccc1OCc1ccc(I)cc1. The predicted molar refractivity (Wildman–Crippen MR) is 142 cm³/mol. The molecule has 0 aliphatic carbocycles. The number of thioether (sulfide) groups is 1. The number of benzene rings is 3. The van der Waals surface area contributed by atoms with Crippen molar-refractivity contribution in [2.24, 2.45) is 0 Å². The lowest BCUT2D eigenvalue weighted by atomic mass is 10.1. The van der Waals surface area contributed by atoms with Gasteiger partial charge >= 0.3 is 0 Å². The molecule has 1 fully saturated rings. The van der Waals surface area contributed by atoms with E-state index in [1.807, 2.05) is 60.7 Å². The molecule has 3 aromatic carbocycles. The van der Waals surface area contributed by atoms with Crippen molar-refractivity contribution in [3.8, 4) is 11.5 Å². The minimum Gasteiger partial charge on any atom is -0.493 e. The summed E-state index contributed by atoms with van der Waals surface area (Å²) < 4.78 is 13.5. The van der Waals surface area contributed by atoms with E-state index in [-0.39, 0.29) is 17.7 Å². The van der Waals surface area contributed by atoms with E-state index in [4.69, 9.17) is 9.47 Å². The Balaban J connectivity index is 1.48. The minimum absolute atomic E-state index is 0.232. The molecule has 0 N–H and O–H groups in total. The molecule has 2 amide bonds. The van der Waals surface area contributed by atoms with Crippen LogP contribution in [0.15, 0.2) is 76.1 Å². The molecule has 1 heterocycles. The third kappa shape index (κ3) is 5.99. The van der Waals surface area contributed by atoms with Gasteiger partial charge in [-0.05, 0) is 93.5 Å². The first-order chi connectivity index (χ1) is 15.9. The van der Waals surface area contributed by atoms with E-state index >= 15 is 0 Å². The molecule has 1 aliphatic heterocycles. The van der Waals surface area contributed by atoms with E-state index in [0.717, 1.165) is 32.9 Å². The summed E-state index contributed by atoms with van der Waals surface area (Å²) in [5.74, 6) is 0.863. The fourth-order valence-corrected chi connectivity index (χ4v) is 4.89. The highest BCUT2D eigenvalue weighted by atomic mass is 127. The molecule has 8 heteroatoms. The van der Waals surface area contributed by atoms with E-state index in [2.05, 4.69) is 38.5 Å². The Bertz CT molecular complexity index is 1230. The highest BCUT2D eigenvalue weighted by Gasteiger charge is 2.35. The maximum Gasteiger partial charge on any atom is 0.293 e. The van der Waals surface area contributed by atoms with Crippen LogP contribution < -0.4 is 9.47 Å². The standard InChI is InChI=1S/C25H19BrINO4S/c1-31-22-12-17(7-10-21(22)32-15-16-5-8-20(27)9-6-16)13-23-24(29)28(25(30)33-23)14-18-3-2-4-19(26)11-18/h2-13H,14-15H2,1H3/b23-13-. The number of ether oxygens (including phenoxy) is 2. The van der Waals surface area contributed by atoms with Gasteiger partial charge in [-0.15, -0.1) is 0 Å². The molecule has 0 spiro atoms. The molecular weight excluding hydrogens is 617 g/mol. The number of rotatable bonds is 7. The van der Waals surface area contributed by atoms with Crippen molar-refractivity contribution in [2.45, 2.75) is 13.2 Å². The van der Waals surface area contributed by atoms with Crippen molar-refractivity contribution in [1.29, 1.82) is 0 Å². The molecule has 33 heavy (non-hydrogen) atoms. The lowest BCUT2D eigenvalue weighted by Crippen LogP contribution is -2.27. The van der Waals surface area contributed by atoms with E-state index in [1.54, 1.807) is 19.3 Å². The normalized spacial score (nSPS) is 14.8. The monoisotopic (exact) mass is 635 g/mol. The topological polar surface area (TPSA) is 55.8 Å². The Kier molecular flexibility index (Phi) is 7.77. The van der Waals surface area contributed by atoms with Crippen molar-refractivity contribution in [1.82, 2.24) is 4.90 Å². The van der Waals surface area contributed by atoms with Gasteiger partial charge in [-0.2, -0.15) is 0 Å². The molecule has 0 bridgehead atoms. The molecule has 168 valence electrons. The first-order valence-electron chi connectivity index (χ1n) is 9.98. The average Bonchev–Trinajstić information content (AvgIpc) is 3.06. The smallest absolute Gasteiger partial charge is 0.293 e. The third-order valence-electron chi connectivity index (χ3n) is 4.90. The molecule has 1 saturated heterocycles. The van der Waals surface area contributed by atoms with Gasteiger partial charge in [0.2, 0.25) is 0 Å². The van der Waals surface area contributed by atoms with Crippen LogP contribution in [0.3, 0.4) is 0 Å². The summed E-state index contributed by atoms with van der Waals surface area (Å²) in [5.41, 5.74) is 2.69. The number of carbonyl (C=O) groups is 2. The van der Waals surface area contributed by atoms with Crippen molar-refractivity contribution in [3.05, 3.63) is 96.4 Å². The second kappa shape index (κ2) is 10.8. The van der Waals surface area contributed by atoms with E-state index in [1.165, 1.54) is 8.47 Å². The fraction of sp³-hybridized carbons (Fsp3) is 0.120. The quantitative estimate of drug-likeness (QED) is 0.209. The van der Waals surface area contributed by atoms with Crippen molar-refractivity contribution in [2.75, 3.05) is 7.11 Å². The lowest BCUT2D eigenvalue weighted by Gasteiger charge is -2.13. The largest absolute Gasteiger partial charge is 0.493 e. The van der Waals surface area contributed by atoms with Crippen LogP contribution in [0.5, 0.6) is 11.5 Å². The van der Waals surface area contributed by atoms with Crippen LogP contribution in [0.2, 0.25) is 0 Å². The second-order valence-corrected chi connectivity index (χ2v) is 10.4. The summed E-state index contributed by atoms with van der Waals surface area (Å²) in [4.78, 5) is 27.0. The summed E-state index contributed by atoms with van der Waals surface area (Å²) >= 11 is 6.62. The lowest BCUT2D eigenvalue weighted by molar-refractivity contribution is -0.123. The molecule has 4 rings (SSSR count). The van der Waals surface area contributed by atoms with Crippen LogP contribution >= 0.6 is 50.3 Å². The maximum absolute atomic E-state index is 12.9. The molecule has 3 aromatic rings. The fourth-order valence-electron chi connectivity index (χ4n) is 3.24. The molecule has 0 radical (unpaired) electrons. The van der Waals surface area contributed by atoms with Crippen LogP contribution in [0.25, 0.3) is 6.08 Å². The second-order valence-electron chi connectivity index (χ2n) is 7.22. The van der Waals surface area contributed by atoms with Gasteiger partial charge in [0.25, 0.3) is 11.1 Å². The maximum atomic E-state index is 12.9. The number of hydrogen-bond acceptors (Lipinski definition) is 5. The van der Waals surface area contributed by atoms with Crippen LogP contribution in [-0.4, -0.2) is 23.2 Å². The molecule has 0 atom stereocenters. The Morgan fingerprint density at radius 3 is 2.52 bits per heavy atom. The number of methoxy groups -OCH3 is 1. The predicted octanol–water partition coefficient (Wildman–Crippen LogP) is 6.88. The molecule has 1 aliphatic rings. The third-order valence-corrected chi connectivity index (χ3v) is 7.02. The summed E-state index contributed by atoms with van der Waals surface area (Å²) in [7, 11) is 1.57. The summed E-state index contributed by atoms with van der Waals surface area (Å²) in [5, 5.41) is -0.282. The van der Waals surface area contributed by atoms with Gasteiger partial charge in [0.05, 0.1) is 18.6 Å². The van der Waals surface area contributed by atoms with Gasteiger partial charge in [0, 0.05) is 8.04 Å². The zero-order valence-corrected chi connectivity index (χ0v) is 22.1. The number of carbonyl (C=O) groups excluding carboxylic acids is 2. The zero-order valence-electron chi connectivity index (χ0n) is 17.6. The highest BCUT2D eigenvalue weighted by Crippen LogP contribution is 2.35. The van der Waals surface area contributed by atoms with Crippen molar-refractivity contribution >= 4 is 67.5 Å². The van der Waals surface area contributed by atoms with Crippen molar-refractivity contribution < 1.29 is 19.1 Å². The van der Waals surface area contributed by atoms with Crippen LogP contribution in [0.1, 0.15) is 16.7 Å². The molecule has 0 unspecified atom stereocenters. The van der Waals surface area contributed by atoms with Gasteiger partial charge in [-0.25, -0.2) is 0 Å². The molecular formula is C25H19BrINO4S. The summed E-state index contributed by atoms with van der Waals surface area (Å²) in [6.45, 7) is 0.650. The Labute approximate surface area is 218 Å². The molecule has 0 aromatic heterocycles. The van der Waals surface area contributed by atoms with Gasteiger partial charge in [-0.3, -0.25) is 14.5 Å². The number of hydrogen-bond donors (Lipinski definition) is 0. The number of nitrogens with zero attached hydrogens (tertiary/aromatic N) is 1. The van der Waals surface area contributed by atoms with Crippen molar-refractivity contribution in [3.63, 3.8) is 0 Å². The summed E-state index contributed by atoms with van der Waals surface area (Å²) in [6, 6.07) is 21.1. The number of halogens is 2. The Morgan fingerprint density at radius 2 is 1.79 bits per heavy atom. The van der Waals surface area contributed by atoms with E-state index in [9.17, 15) is 9.59 Å². The van der Waals surface area contributed by atoms with Gasteiger partial charge < -0.3 is 9.47 Å². The van der Waals surface area contributed by atoms with Crippen LogP contribution in [-0.2, 0) is 17.9 Å². The summed E-state index contributed by atoms with van der Waals surface area (Å²) in [6.07, 6.45) is 1.71. The molecule has 0 saturated carbocycles. The zero-order chi connectivity index (χ0) is 23.4. The van der Waals surface area contributed by atoms with Gasteiger partial charge in [0.15, 0.2) is 11.5 Å². The molecule has 5 nitrogen and oxygen atoms in total. The van der Waals surface area contributed by atoms with Crippen LogP contribution in [0.4, 0.5) is 4.79 Å². The minimum atomic E-state index is -0.303. The number of imide groups is 1. The Morgan fingerprint density at radius 1 is 1.00 bits per heavy atom.